The predicted octanol–water partition coefficient (Wildman–Crippen LogP) is 5.91. The molecule has 0 unspecified atom stereocenters. The molecule has 142 valence electrons. The lowest BCUT2D eigenvalue weighted by Crippen LogP contribution is -2.05. The second-order valence-electron chi connectivity index (χ2n) is 6.04. The van der Waals surface area contributed by atoms with Crippen LogP contribution in [-0.2, 0) is 6.18 Å². The summed E-state index contributed by atoms with van der Waals surface area (Å²) >= 11 is 12.4. The number of imidazole rings is 1. The summed E-state index contributed by atoms with van der Waals surface area (Å²) in [5.41, 5.74) is 0.823. The van der Waals surface area contributed by atoms with E-state index in [1.165, 1.54) is 18.3 Å². The van der Waals surface area contributed by atoms with Gasteiger partial charge in [0, 0.05) is 29.0 Å². The zero-order valence-electron chi connectivity index (χ0n) is 13.9. The van der Waals surface area contributed by atoms with Gasteiger partial charge in [-0.15, -0.1) is 0 Å². The van der Waals surface area contributed by atoms with Crippen LogP contribution < -0.4 is 5.56 Å². The van der Waals surface area contributed by atoms with Crippen molar-refractivity contribution in [3.05, 3.63) is 74.6 Å². The molecule has 0 atom stereocenters. The quantitative estimate of drug-likeness (QED) is 0.420. The Morgan fingerprint density at radius 1 is 0.964 bits per heavy atom. The van der Waals surface area contributed by atoms with Crippen LogP contribution in [0, 0.1) is 0 Å². The molecule has 0 aliphatic heterocycles. The molecule has 4 rings (SSSR count). The molecule has 0 saturated carbocycles. The molecule has 4 nitrogen and oxygen atoms in total. The van der Waals surface area contributed by atoms with Crippen molar-refractivity contribution in [2.24, 2.45) is 0 Å². The maximum Gasteiger partial charge on any atom is 0.416 e. The van der Waals surface area contributed by atoms with Crippen molar-refractivity contribution in [2.75, 3.05) is 0 Å². The molecule has 2 aromatic carbocycles. The average molecular weight is 424 g/mol. The van der Waals surface area contributed by atoms with Gasteiger partial charge in [-0.3, -0.25) is 4.79 Å². The van der Waals surface area contributed by atoms with Crippen LogP contribution in [0.2, 0.25) is 10.0 Å². The fourth-order valence-electron chi connectivity index (χ4n) is 2.92. The maximum absolute atomic E-state index is 13.0. The predicted molar refractivity (Wildman–Crippen MR) is 103 cm³/mol. The van der Waals surface area contributed by atoms with Gasteiger partial charge >= 0.3 is 6.18 Å². The van der Waals surface area contributed by atoms with Crippen molar-refractivity contribution >= 4 is 34.2 Å². The fourth-order valence-corrected chi connectivity index (χ4v) is 3.32. The molecule has 9 heteroatoms. The Bertz CT molecular complexity index is 1260. The number of halogens is 5. The lowest BCUT2D eigenvalue weighted by molar-refractivity contribution is -0.137. The summed E-state index contributed by atoms with van der Waals surface area (Å²) < 4.78 is 38.9. The van der Waals surface area contributed by atoms with Crippen LogP contribution >= 0.6 is 23.2 Å². The molecule has 2 aromatic heterocycles. The Morgan fingerprint density at radius 3 is 2.50 bits per heavy atom. The Balaban J connectivity index is 1.93. The van der Waals surface area contributed by atoms with Crippen molar-refractivity contribution in [2.45, 2.75) is 6.18 Å². The third-order valence-corrected chi connectivity index (χ3v) is 5.05. The molecule has 0 amide bonds. The van der Waals surface area contributed by atoms with Gasteiger partial charge in [0.25, 0.3) is 0 Å². The average Bonchev–Trinajstić information content (AvgIpc) is 3.07. The largest absolute Gasteiger partial charge is 0.416 e. The van der Waals surface area contributed by atoms with Gasteiger partial charge in [-0.25, -0.2) is 4.98 Å². The van der Waals surface area contributed by atoms with Crippen LogP contribution in [0.25, 0.3) is 33.5 Å². The van der Waals surface area contributed by atoms with Crippen molar-refractivity contribution in [3.8, 4) is 22.5 Å². The highest BCUT2D eigenvalue weighted by Gasteiger charge is 2.30. The number of hydrogen-bond donors (Lipinski definition) is 2. The van der Waals surface area contributed by atoms with Gasteiger partial charge in [-0.1, -0.05) is 35.3 Å². The monoisotopic (exact) mass is 423 g/mol. The second-order valence-corrected chi connectivity index (χ2v) is 6.83. The van der Waals surface area contributed by atoms with Gasteiger partial charge in [-0.05, 0) is 24.3 Å². The third kappa shape index (κ3) is 3.27. The molecule has 0 fully saturated rings. The van der Waals surface area contributed by atoms with Crippen LogP contribution in [0.5, 0.6) is 0 Å². The SMILES string of the molecule is O=c1cc(-c2nc3ccc(C(F)(F)F)cc3[nH]2)c(-c2cccc(Cl)c2Cl)c[nH]1. The second kappa shape index (κ2) is 6.68. The van der Waals surface area contributed by atoms with Crippen LogP contribution in [0.3, 0.4) is 0 Å². The highest BCUT2D eigenvalue weighted by atomic mass is 35.5. The molecule has 2 N–H and O–H groups in total. The Morgan fingerprint density at radius 2 is 1.75 bits per heavy atom. The zero-order chi connectivity index (χ0) is 20.1. The normalized spacial score (nSPS) is 11.9. The van der Waals surface area contributed by atoms with Gasteiger partial charge in [0.2, 0.25) is 5.56 Å². The summed E-state index contributed by atoms with van der Waals surface area (Å²) in [6.45, 7) is 0. The third-order valence-electron chi connectivity index (χ3n) is 4.23. The molecule has 0 radical (unpaired) electrons. The number of fused-ring (bicyclic) bond motifs is 1. The lowest BCUT2D eigenvalue weighted by atomic mass is 10.0. The van der Waals surface area contributed by atoms with Gasteiger partial charge in [0.1, 0.15) is 5.82 Å². The van der Waals surface area contributed by atoms with E-state index in [9.17, 15) is 18.0 Å². The van der Waals surface area contributed by atoms with Crippen molar-refractivity contribution < 1.29 is 13.2 Å². The van der Waals surface area contributed by atoms with E-state index in [0.29, 0.717) is 27.2 Å². The molecular weight excluding hydrogens is 414 g/mol. The van der Waals surface area contributed by atoms with Crippen molar-refractivity contribution in [1.82, 2.24) is 15.0 Å². The first kappa shape index (κ1) is 18.6. The van der Waals surface area contributed by atoms with E-state index in [1.807, 2.05) is 0 Å². The highest BCUT2D eigenvalue weighted by molar-refractivity contribution is 6.43. The fraction of sp³-hybridized carbons (Fsp3) is 0.0526. The molecular formula is C19H10Cl2F3N3O. The number of aromatic amines is 2. The Hall–Kier alpha value is -2.77. The molecule has 0 spiro atoms. The smallest absolute Gasteiger partial charge is 0.338 e. The van der Waals surface area contributed by atoms with E-state index >= 15 is 0 Å². The number of benzene rings is 2. The minimum atomic E-state index is -4.47. The number of hydrogen-bond acceptors (Lipinski definition) is 2. The number of nitrogens with one attached hydrogen (secondary N) is 2. The topological polar surface area (TPSA) is 61.5 Å². The molecule has 28 heavy (non-hydrogen) atoms. The van der Waals surface area contributed by atoms with Gasteiger partial charge in [0.05, 0.1) is 26.6 Å². The highest BCUT2D eigenvalue weighted by Crippen LogP contribution is 2.38. The van der Waals surface area contributed by atoms with Gasteiger partial charge in [0.15, 0.2) is 0 Å². The minimum Gasteiger partial charge on any atom is -0.338 e. The van der Waals surface area contributed by atoms with Crippen LogP contribution in [-0.4, -0.2) is 15.0 Å². The molecule has 4 aromatic rings. The number of alkyl halides is 3. The van der Waals surface area contributed by atoms with E-state index in [1.54, 1.807) is 18.2 Å². The van der Waals surface area contributed by atoms with E-state index in [4.69, 9.17) is 23.2 Å². The summed E-state index contributed by atoms with van der Waals surface area (Å²) in [4.78, 5) is 21.7. The number of nitrogens with zero attached hydrogens (tertiary/aromatic N) is 1. The number of aromatic nitrogens is 3. The molecule has 0 aliphatic rings. The Kier molecular flexibility index (Phi) is 4.44. The summed E-state index contributed by atoms with van der Waals surface area (Å²) in [5, 5.41) is 0.615. The van der Waals surface area contributed by atoms with E-state index in [0.717, 1.165) is 12.1 Å². The number of H-pyrrole nitrogens is 2. The van der Waals surface area contributed by atoms with Crippen molar-refractivity contribution in [1.29, 1.82) is 0 Å². The summed E-state index contributed by atoms with van der Waals surface area (Å²) in [7, 11) is 0. The van der Waals surface area contributed by atoms with Crippen molar-refractivity contribution in [3.63, 3.8) is 0 Å². The summed E-state index contributed by atoms with van der Waals surface area (Å²) in [5.74, 6) is 0.242. The summed E-state index contributed by atoms with van der Waals surface area (Å²) in [6.07, 6.45) is -3.01. The molecule has 2 heterocycles. The number of pyridine rings is 1. The zero-order valence-corrected chi connectivity index (χ0v) is 15.4. The van der Waals surface area contributed by atoms with Crippen LogP contribution in [0.1, 0.15) is 5.56 Å². The molecule has 0 bridgehead atoms. The summed E-state index contributed by atoms with van der Waals surface area (Å²) in [6, 6.07) is 9.55. The first-order chi connectivity index (χ1) is 13.2. The van der Waals surface area contributed by atoms with Gasteiger partial charge < -0.3 is 9.97 Å². The minimum absolute atomic E-state index is 0.202. The number of rotatable bonds is 2. The molecule has 0 aliphatic carbocycles. The first-order valence-electron chi connectivity index (χ1n) is 7.98. The van der Waals surface area contributed by atoms with Gasteiger partial charge in [-0.2, -0.15) is 13.2 Å². The van der Waals surface area contributed by atoms with E-state index in [2.05, 4.69) is 15.0 Å². The van der Waals surface area contributed by atoms with Crippen LogP contribution in [0.4, 0.5) is 13.2 Å². The standard InChI is InChI=1S/C19H10Cl2F3N3O/c20-13-3-1-2-10(17(13)21)12-8-25-16(28)7-11(12)18-26-14-5-4-9(19(22,23)24)6-15(14)27-18/h1-8H,(H,25,28)(H,26,27). The molecule has 0 saturated heterocycles. The lowest BCUT2D eigenvalue weighted by Gasteiger charge is -2.10. The first-order valence-corrected chi connectivity index (χ1v) is 8.74. The van der Waals surface area contributed by atoms with E-state index < -0.39 is 17.3 Å². The Labute approximate surface area is 166 Å². The van der Waals surface area contributed by atoms with E-state index in [-0.39, 0.29) is 16.4 Å². The van der Waals surface area contributed by atoms with Crippen LogP contribution in [0.15, 0.2) is 53.5 Å². The maximum atomic E-state index is 13.0.